The minimum Gasteiger partial charge on any atom is -0.481 e. The van der Waals surface area contributed by atoms with Crippen molar-refractivity contribution < 1.29 is 14.7 Å². The van der Waals surface area contributed by atoms with Crippen LogP contribution in [0.2, 0.25) is 0 Å². The average Bonchev–Trinajstić information content (AvgIpc) is 2.66. The zero-order valence-corrected chi connectivity index (χ0v) is 8.25. The van der Waals surface area contributed by atoms with Gasteiger partial charge in [-0.05, 0) is 25.9 Å². The topological polar surface area (TPSA) is 90.8 Å². The van der Waals surface area contributed by atoms with Crippen molar-refractivity contribution in [2.75, 3.05) is 13.1 Å². The minimum absolute atomic E-state index is 0.117. The van der Waals surface area contributed by atoms with Crippen molar-refractivity contribution in [1.82, 2.24) is 10.7 Å². The van der Waals surface area contributed by atoms with Crippen LogP contribution in [-0.4, -0.2) is 35.8 Å². The van der Waals surface area contributed by atoms with E-state index in [1.54, 1.807) is 0 Å². The van der Waals surface area contributed by atoms with E-state index in [2.05, 4.69) is 15.8 Å². The molecule has 0 bridgehead atoms. The number of amides is 1. The second-order valence-corrected chi connectivity index (χ2v) is 3.91. The second-order valence-electron chi connectivity index (χ2n) is 3.91. The summed E-state index contributed by atoms with van der Waals surface area (Å²) in [4.78, 5) is 22.3. The van der Waals surface area contributed by atoms with E-state index in [1.807, 2.05) is 0 Å². The Morgan fingerprint density at radius 3 is 2.53 bits per heavy atom. The molecule has 82 valence electrons. The number of nitrogens with zero attached hydrogens (tertiary/aromatic N) is 1. The summed E-state index contributed by atoms with van der Waals surface area (Å²) in [6.07, 6.45) is 1.11. The molecule has 2 heterocycles. The molecule has 2 aliphatic heterocycles. The third-order valence-electron chi connectivity index (χ3n) is 3.06. The molecule has 2 rings (SSSR count). The van der Waals surface area contributed by atoms with Crippen LogP contribution in [0.5, 0.6) is 0 Å². The summed E-state index contributed by atoms with van der Waals surface area (Å²) in [6.45, 7) is 1.30. The van der Waals surface area contributed by atoms with Gasteiger partial charge in [-0.2, -0.15) is 5.10 Å². The summed E-state index contributed by atoms with van der Waals surface area (Å²) < 4.78 is 0. The van der Waals surface area contributed by atoms with Crippen LogP contribution in [0.1, 0.15) is 19.3 Å². The van der Waals surface area contributed by atoms with Gasteiger partial charge in [0.1, 0.15) is 5.41 Å². The lowest BCUT2D eigenvalue weighted by Crippen LogP contribution is -2.47. The Labute approximate surface area is 86.7 Å². The van der Waals surface area contributed by atoms with E-state index in [4.69, 9.17) is 0 Å². The number of carbonyl (C=O) groups is 2. The normalized spacial score (nSPS) is 24.5. The molecule has 3 N–H and O–H groups in total. The van der Waals surface area contributed by atoms with E-state index in [1.165, 1.54) is 0 Å². The molecule has 0 radical (unpaired) electrons. The zero-order chi connectivity index (χ0) is 10.9. The fourth-order valence-electron chi connectivity index (χ4n) is 2.12. The van der Waals surface area contributed by atoms with Crippen molar-refractivity contribution in [3.8, 4) is 0 Å². The van der Waals surface area contributed by atoms with Gasteiger partial charge < -0.3 is 10.4 Å². The first-order chi connectivity index (χ1) is 7.15. The summed E-state index contributed by atoms with van der Waals surface area (Å²) in [5.41, 5.74) is 1.85. The summed E-state index contributed by atoms with van der Waals surface area (Å²) >= 11 is 0. The average molecular weight is 211 g/mol. The minimum atomic E-state index is -0.940. The van der Waals surface area contributed by atoms with Gasteiger partial charge >= 0.3 is 5.97 Å². The number of carboxylic acids is 1. The van der Waals surface area contributed by atoms with E-state index >= 15 is 0 Å². The molecule has 1 amide bonds. The highest BCUT2D eigenvalue weighted by atomic mass is 16.4. The number of hydrogen-bond donors (Lipinski definition) is 3. The monoisotopic (exact) mass is 211 g/mol. The molecule has 0 atom stereocenters. The van der Waals surface area contributed by atoms with E-state index in [0.29, 0.717) is 31.6 Å². The highest BCUT2D eigenvalue weighted by Gasteiger charge is 2.46. The Hall–Kier alpha value is -1.43. The summed E-state index contributed by atoms with van der Waals surface area (Å²) in [6, 6.07) is 0. The Kier molecular flexibility index (Phi) is 2.44. The van der Waals surface area contributed by atoms with Gasteiger partial charge in [-0.3, -0.25) is 9.59 Å². The second kappa shape index (κ2) is 3.62. The predicted octanol–water partition coefficient (Wildman–Crippen LogP) is -0.683. The number of rotatable bonds is 2. The van der Waals surface area contributed by atoms with Crippen LogP contribution < -0.4 is 10.7 Å². The number of piperidine rings is 1. The van der Waals surface area contributed by atoms with Crippen molar-refractivity contribution in [2.24, 2.45) is 10.5 Å². The molecule has 1 fully saturated rings. The van der Waals surface area contributed by atoms with E-state index in [-0.39, 0.29) is 12.3 Å². The lowest BCUT2D eigenvalue weighted by atomic mass is 9.74. The first kappa shape index (κ1) is 10.1. The molecule has 15 heavy (non-hydrogen) atoms. The van der Waals surface area contributed by atoms with E-state index < -0.39 is 11.4 Å². The quantitative estimate of drug-likeness (QED) is 0.564. The number of hydrazone groups is 1. The molecule has 0 spiro atoms. The molecule has 6 heteroatoms. The third kappa shape index (κ3) is 1.61. The van der Waals surface area contributed by atoms with Gasteiger partial charge in [-0.15, -0.1) is 0 Å². The molecule has 1 saturated heterocycles. The lowest BCUT2D eigenvalue weighted by molar-refractivity contribution is -0.146. The highest BCUT2D eigenvalue weighted by Crippen LogP contribution is 2.33. The van der Waals surface area contributed by atoms with Crippen LogP contribution >= 0.6 is 0 Å². The highest BCUT2D eigenvalue weighted by molar-refractivity contribution is 6.15. The Balaban J connectivity index is 2.26. The van der Waals surface area contributed by atoms with Gasteiger partial charge in [0.15, 0.2) is 0 Å². The van der Waals surface area contributed by atoms with Gasteiger partial charge in [0, 0.05) is 0 Å². The zero-order valence-electron chi connectivity index (χ0n) is 8.25. The molecular weight excluding hydrogens is 198 g/mol. The molecule has 0 aliphatic carbocycles. The van der Waals surface area contributed by atoms with Gasteiger partial charge in [0.2, 0.25) is 5.91 Å². The first-order valence-corrected chi connectivity index (χ1v) is 4.95. The molecule has 0 aromatic rings. The maximum Gasteiger partial charge on any atom is 0.315 e. The molecule has 0 saturated carbocycles. The SMILES string of the molecule is O=C1CC(C2(C(=O)O)CCNCC2)=NN1. The smallest absolute Gasteiger partial charge is 0.315 e. The molecule has 0 unspecified atom stereocenters. The Morgan fingerprint density at radius 2 is 2.07 bits per heavy atom. The van der Waals surface area contributed by atoms with Gasteiger partial charge in [0.25, 0.3) is 0 Å². The van der Waals surface area contributed by atoms with E-state index in [0.717, 1.165) is 0 Å². The molecular formula is C9H13N3O3. The van der Waals surface area contributed by atoms with Gasteiger partial charge in [-0.1, -0.05) is 0 Å². The maximum absolute atomic E-state index is 11.3. The van der Waals surface area contributed by atoms with Crippen LogP contribution in [-0.2, 0) is 9.59 Å². The van der Waals surface area contributed by atoms with Gasteiger partial charge in [-0.25, -0.2) is 5.43 Å². The van der Waals surface area contributed by atoms with Crippen LogP contribution in [0.25, 0.3) is 0 Å². The van der Waals surface area contributed by atoms with Crippen molar-refractivity contribution >= 4 is 17.6 Å². The van der Waals surface area contributed by atoms with Crippen molar-refractivity contribution in [3.63, 3.8) is 0 Å². The van der Waals surface area contributed by atoms with Crippen molar-refractivity contribution in [1.29, 1.82) is 0 Å². The Morgan fingerprint density at radius 1 is 1.40 bits per heavy atom. The van der Waals surface area contributed by atoms with E-state index in [9.17, 15) is 14.7 Å². The lowest BCUT2D eigenvalue weighted by Gasteiger charge is -2.32. The van der Waals surface area contributed by atoms with Gasteiger partial charge in [0.05, 0.1) is 12.1 Å². The first-order valence-electron chi connectivity index (χ1n) is 4.95. The molecule has 0 aromatic carbocycles. The number of nitrogens with one attached hydrogen (secondary N) is 2. The fourth-order valence-corrected chi connectivity index (χ4v) is 2.12. The molecule has 0 aromatic heterocycles. The van der Waals surface area contributed by atoms with Crippen molar-refractivity contribution in [3.05, 3.63) is 0 Å². The van der Waals surface area contributed by atoms with Crippen LogP contribution in [0.4, 0.5) is 0 Å². The molecule has 6 nitrogen and oxygen atoms in total. The standard InChI is InChI=1S/C9H13N3O3/c13-7-5-6(11-12-7)9(8(14)15)1-3-10-4-2-9/h10H,1-5H2,(H,12,13)(H,14,15). The van der Waals surface area contributed by atoms with Crippen molar-refractivity contribution in [2.45, 2.75) is 19.3 Å². The number of aliphatic carboxylic acids is 1. The summed E-state index contributed by atoms with van der Waals surface area (Å²) in [7, 11) is 0. The summed E-state index contributed by atoms with van der Waals surface area (Å²) in [5.74, 6) is -1.09. The largest absolute Gasteiger partial charge is 0.481 e. The number of hydrogen-bond acceptors (Lipinski definition) is 4. The van der Waals surface area contributed by atoms with Crippen LogP contribution in [0.3, 0.4) is 0 Å². The summed E-state index contributed by atoms with van der Waals surface area (Å²) in [5, 5.41) is 16.2. The maximum atomic E-state index is 11.3. The number of carbonyl (C=O) groups excluding carboxylic acids is 1. The van der Waals surface area contributed by atoms with Crippen LogP contribution in [0, 0.1) is 5.41 Å². The Bertz CT molecular complexity index is 331. The van der Waals surface area contributed by atoms with Crippen LogP contribution in [0.15, 0.2) is 5.10 Å². The number of carboxylic acid groups (broad SMARTS) is 1. The fraction of sp³-hybridized carbons (Fsp3) is 0.667. The molecule has 2 aliphatic rings. The third-order valence-corrected chi connectivity index (χ3v) is 3.06. The predicted molar refractivity (Wildman–Crippen MR) is 52.4 cm³/mol.